The SMILES string of the molecule is CCCCCCCCN(CCCCCCCC)CCOCc1ccccc1-c1ccccc1COCCN(CCCCCCCC)CCCCCCCC. The quantitative estimate of drug-likeness (QED) is 0.0636. The molecule has 0 aliphatic heterocycles. The highest BCUT2D eigenvalue weighted by atomic mass is 16.5. The predicted molar refractivity (Wildman–Crippen MR) is 238 cm³/mol. The smallest absolute Gasteiger partial charge is 0.0723 e. The highest BCUT2D eigenvalue weighted by molar-refractivity contribution is 5.70. The van der Waals surface area contributed by atoms with Crippen molar-refractivity contribution in [1.82, 2.24) is 9.80 Å². The predicted octanol–water partition coefficient (Wildman–Crippen LogP) is 14.4. The molecule has 310 valence electrons. The maximum Gasteiger partial charge on any atom is 0.0723 e. The lowest BCUT2D eigenvalue weighted by molar-refractivity contribution is 0.0906. The Labute approximate surface area is 336 Å². The van der Waals surface area contributed by atoms with Crippen LogP contribution in [0.3, 0.4) is 0 Å². The van der Waals surface area contributed by atoms with Crippen LogP contribution in [0.4, 0.5) is 0 Å². The molecule has 2 aromatic rings. The maximum atomic E-state index is 6.44. The number of benzene rings is 2. The van der Waals surface area contributed by atoms with E-state index in [1.54, 1.807) is 0 Å². The van der Waals surface area contributed by atoms with Gasteiger partial charge < -0.3 is 19.3 Å². The molecule has 0 aliphatic carbocycles. The molecule has 0 saturated carbocycles. The van der Waals surface area contributed by atoms with Gasteiger partial charge in [-0.15, -0.1) is 0 Å². The van der Waals surface area contributed by atoms with Gasteiger partial charge in [-0.1, -0.05) is 205 Å². The molecule has 0 unspecified atom stereocenters. The summed E-state index contributed by atoms with van der Waals surface area (Å²) in [7, 11) is 0. The largest absolute Gasteiger partial charge is 0.375 e. The van der Waals surface area contributed by atoms with Gasteiger partial charge in [-0.25, -0.2) is 0 Å². The highest BCUT2D eigenvalue weighted by Gasteiger charge is 2.12. The van der Waals surface area contributed by atoms with Crippen LogP contribution in [0.1, 0.15) is 193 Å². The fraction of sp³-hybridized carbons (Fsp3) is 0.760. The zero-order chi connectivity index (χ0) is 38.6. The number of rotatable bonds is 39. The second kappa shape index (κ2) is 35.7. The van der Waals surface area contributed by atoms with E-state index in [1.807, 2.05) is 0 Å². The van der Waals surface area contributed by atoms with Crippen molar-refractivity contribution in [2.45, 2.75) is 195 Å². The average molecular weight is 749 g/mol. The Balaban J connectivity index is 1.89. The normalized spacial score (nSPS) is 11.7. The third-order valence-corrected chi connectivity index (χ3v) is 11.3. The molecule has 0 radical (unpaired) electrons. The second-order valence-corrected chi connectivity index (χ2v) is 16.2. The lowest BCUT2D eigenvalue weighted by Crippen LogP contribution is -2.30. The molecule has 0 aromatic heterocycles. The van der Waals surface area contributed by atoms with Crippen molar-refractivity contribution in [3.63, 3.8) is 0 Å². The van der Waals surface area contributed by atoms with Crippen molar-refractivity contribution in [2.24, 2.45) is 0 Å². The van der Waals surface area contributed by atoms with Crippen LogP contribution in [0.5, 0.6) is 0 Å². The van der Waals surface area contributed by atoms with E-state index >= 15 is 0 Å². The lowest BCUT2D eigenvalue weighted by atomic mass is 9.96. The minimum atomic E-state index is 0.652. The van der Waals surface area contributed by atoms with Crippen LogP contribution in [0.15, 0.2) is 48.5 Å². The fourth-order valence-electron chi connectivity index (χ4n) is 7.70. The van der Waals surface area contributed by atoms with Gasteiger partial charge >= 0.3 is 0 Å². The Kier molecular flexibility index (Phi) is 32.0. The molecule has 0 heterocycles. The summed E-state index contributed by atoms with van der Waals surface area (Å²) in [6.07, 6.45) is 32.6. The third-order valence-electron chi connectivity index (χ3n) is 11.3. The first-order chi connectivity index (χ1) is 26.7. The lowest BCUT2D eigenvalue weighted by Gasteiger charge is -2.23. The Morgan fingerprint density at radius 2 is 0.611 bits per heavy atom. The molecule has 0 bridgehead atoms. The van der Waals surface area contributed by atoms with E-state index in [0.29, 0.717) is 13.2 Å². The molecule has 2 rings (SSSR count). The molecule has 54 heavy (non-hydrogen) atoms. The van der Waals surface area contributed by atoms with Crippen LogP contribution >= 0.6 is 0 Å². The van der Waals surface area contributed by atoms with E-state index in [1.165, 1.54) is 203 Å². The van der Waals surface area contributed by atoms with Crippen LogP contribution < -0.4 is 0 Å². The van der Waals surface area contributed by atoms with Crippen molar-refractivity contribution < 1.29 is 9.47 Å². The third kappa shape index (κ3) is 24.7. The van der Waals surface area contributed by atoms with Gasteiger partial charge in [-0.3, -0.25) is 0 Å². The van der Waals surface area contributed by atoms with Crippen LogP contribution in [0, 0.1) is 0 Å². The summed E-state index contributed by atoms with van der Waals surface area (Å²) in [6.45, 7) is 19.0. The van der Waals surface area contributed by atoms with E-state index in [-0.39, 0.29) is 0 Å². The topological polar surface area (TPSA) is 24.9 Å². The molecule has 0 amide bonds. The van der Waals surface area contributed by atoms with Crippen molar-refractivity contribution in [3.05, 3.63) is 59.7 Å². The van der Waals surface area contributed by atoms with Gasteiger partial charge in [0, 0.05) is 13.1 Å². The van der Waals surface area contributed by atoms with Crippen LogP contribution in [0.25, 0.3) is 11.1 Å². The summed E-state index contributed by atoms with van der Waals surface area (Å²) in [4.78, 5) is 5.36. The van der Waals surface area contributed by atoms with Gasteiger partial charge in [0.2, 0.25) is 0 Å². The Hall–Kier alpha value is -1.72. The minimum Gasteiger partial charge on any atom is -0.375 e. The monoisotopic (exact) mass is 749 g/mol. The van der Waals surface area contributed by atoms with Gasteiger partial charge in [0.15, 0.2) is 0 Å². The molecule has 0 spiro atoms. The van der Waals surface area contributed by atoms with Crippen molar-refractivity contribution in [2.75, 3.05) is 52.5 Å². The fourth-order valence-corrected chi connectivity index (χ4v) is 7.70. The summed E-state index contributed by atoms with van der Waals surface area (Å²) in [5.41, 5.74) is 5.10. The average Bonchev–Trinajstić information content (AvgIpc) is 3.20. The Morgan fingerprint density at radius 3 is 0.926 bits per heavy atom. The van der Waals surface area contributed by atoms with Crippen LogP contribution in [-0.4, -0.2) is 62.3 Å². The van der Waals surface area contributed by atoms with Crippen molar-refractivity contribution in [1.29, 1.82) is 0 Å². The molecule has 0 N–H and O–H groups in total. The van der Waals surface area contributed by atoms with Gasteiger partial charge in [0.05, 0.1) is 26.4 Å². The molecule has 0 fully saturated rings. The van der Waals surface area contributed by atoms with Gasteiger partial charge in [-0.05, 0) is 74.1 Å². The van der Waals surface area contributed by atoms with E-state index in [0.717, 1.165) is 26.3 Å². The molecular weight excluding hydrogens is 661 g/mol. The number of hydrogen-bond acceptors (Lipinski definition) is 4. The number of unbranched alkanes of at least 4 members (excludes halogenated alkanes) is 20. The summed E-state index contributed by atoms with van der Waals surface area (Å²) in [6, 6.07) is 17.7. The Morgan fingerprint density at radius 1 is 0.333 bits per heavy atom. The summed E-state index contributed by atoms with van der Waals surface area (Å²) < 4.78 is 12.9. The molecule has 0 aliphatic rings. The molecule has 0 atom stereocenters. The number of hydrogen-bond donors (Lipinski definition) is 0. The first-order valence-electron chi connectivity index (χ1n) is 23.5. The van der Waals surface area contributed by atoms with Gasteiger partial charge in [0.1, 0.15) is 0 Å². The minimum absolute atomic E-state index is 0.652. The Bertz CT molecular complexity index is 972. The second-order valence-electron chi connectivity index (χ2n) is 16.2. The van der Waals surface area contributed by atoms with Crippen molar-refractivity contribution >= 4 is 0 Å². The number of ether oxygens (including phenoxy) is 2. The first-order valence-corrected chi connectivity index (χ1v) is 23.5. The van der Waals surface area contributed by atoms with Crippen LogP contribution in [-0.2, 0) is 22.7 Å². The zero-order valence-electron chi connectivity index (χ0n) is 36.4. The van der Waals surface area contributed by atoms with E-state index < -0.39 is 0 Å². The number of nitrogens with zero attached hydrogens (tertiary/aromatic N) is 2. The first kappa shape index (κ1) is 48.4. The van der Waals surface area contributed by atoms with E-state index in [9.17, 15) is 0 Å². The highest BCUT2D eigenvalue weighted by Crippen LogP contribution is 2.28. The van der Waals surface area contributed by atoms with Gasteiger partial charge in [-0.2, -0.15) is 0 Å². The molecule has 0 saturated heterocycles. The molecule has 4 heteroatoms. The molecular formula is C50H88N2O2. The summed E-state index contributed by atoms with van der Waals surface area (Å²) in [5, 5.41) is 0. The molecule has 2 aromatic carbocycles. The standard InChI is InChI=1S/C50H88N2O2/c1-5-9-13-17-21-29-37-51(38-30-22-18-14-10-6-2)41-43-53-45-47-33-25-27-35-49(47)50-36-28-26-34-48(50)46-54-44-42-52(39-31-23-19-15-11-7-3)40-32-24-20-16-12-8-4/h25-28,33-36H,5-24,29-32,37-46H2,1-4H3. The maximum absolute atomic E-state index is 6.44. The summed E-state index contributed by atoms with van der Waals surface area (Å²) >= 11 is 0. The van der Waals surface area contributed by atoms with Crippen LogP contribution in [0.2, 0.25) is 0 Å². The van der Waals surface area contributed by atoms with E-state index in [2.05, 4.69) is 86.0 Å². The van der Waals surface area contributed by atoms with E-state index in [4.69, 9.17) is 9.47 Å². The molecule has 4 nitrogen and oxygen atoms in total. The van der Waals surface area contributed by atoms with Gasteiger partial charge in [0.25, 0.3) is 0 Å². The zero-order valence-corrected chi connectivity index (χ0v) is 36.4. The summed E-state index contributed by atoms with van der Waals surface area (Å²) in [5.74, 6) is 0. The van der Waals surface area contributed by atoms with Crippen molar-refractivity contribution in [3.8, 4) is 11.1 Å².